The first-order valence-electron chi connectivity index (χ1n) is 8.49. The second-order valence-electron chi connectivity index (χ2n) is 6.54. The molecule has 0 aliphatic rings. The summed E-state index contributed by atoms with van der Waals surface area (Å²) in [5.74, 6) is 0. The number of nitrogens with zero attached hydrogens (tertiary/aromatic N) is 2. The van der Waals surface area contributed by atoms with Crippen LogP contribution in [0, 0.1) is 0 Å². The van der Waals surface area contributed by atoms with E-state index in [1.54, 1.807) is 0 Å². The molecule has 0 unspecified atom stereocenters. The Balaban J connectivity index is 1.95. The fourth-order valence-electron chi connectivity index (χ4n) is 4.07. The predicted octanol–water partition coefficient (Wildman–Crippen LogP) is 5.95. The molecule has 3 aromatic carbocycles. The average Bonchev–Trinajstić information content (AvgIpc) is 3.17. The Kier molecular flexibility index (Phi) is 2.37. The predicted molar refractivity (Wildman–Crippen MR) is 105 cm³/mol. The molecule has 0 saturated heterocycles. The van der Waals surface area contributed by atoms with Gasteiger partial charge in [0.15, 0.2) is 0 Å². The van der Waals surface area contributed by atoms with E-state index in [1.165, 1.54) is 37.8 Å². The SMILES string of the molecule is c1ccc2c(c1)ccc1cc3c(cc12)c1cccnc1c1cccn31. The van der Waals surface area contributed by atoms with Gasteiger partial charge in [-0.3, -0.25) is 4.98 Å². The molecule has 0 aliphatic heterocycles. The Morgan fingerprint density at radius 3 is 2.48 bits per heavy atom. The van der Waals surface area contributed by atoms with E-state index < -0.39 is 0 Å². The van der Waals surface area contributed by atoms with E-state index in [0.29, 0.717) is 0 Å². The molecule has 0 N–H and O–H groups in total. The van der Waals surface area contributed by atoms with Gasteiger partial charge < -0.3 is 4.40 Å². The molecule has 3 aromatic heterocycles. The van der Waals surface area contributed by atoms with Gasteiger partial charge in [-0.05, 0) is 51.9 Å². The molecule has 6 aromatic rings. The van der Waals surface area contributed by atoms with Crippen molar-refractivity contribution in [1.29, 1.82) is 0 Å². The summed E-state index contributed by atoms with van der Waals surface area (Å²) in [6, 6.07) is 26.1. The van der Waals surface area contributed by atoms with Crippen LogP contribution in [0.4, 0.5) is 0 Å². The van der Waals surface area contributed by atoms with Gasteiger partial charge in [-0.15, -0.1) is 0 Å². The van der Waals surface area contributed by atoms with Gasteiger partial charge in [-0.25, -0.2) is 0 Å². The molecule has 3 heterocycles. The van der Waals surface area contributed by atoms with Gasteiger partial charge in [0.05, 0.1) is 16.6 Å². The van der Waals surface area contributed by atoms with Crippen molar-refractivity contribution in [3.63, 3.8) is 0 Å². The van der Waals surface area contributed by atoms with Gasteiger partial charge in [-0.2, -0.15) is 0 Å². The van der Waals surface area contributed by atoms with Crippen LogP contribution in [0.1, 0.15) is 0 Å². The van der Waals surface area contributed by atoms with Crippen molar-refractivity contribution in [1.82, 2.24) is 9.38 Å². The van der Waals surface area contributed by atoms with Crippen LogP contribution in [0.15, 0.2) is 85.2 Å². The zero-order valence-corrected chi connectivity index (χ0v) is 13.5. The molecule has 2 nitrogen and oxygen atoms in total. The third-order valence-electron chi connectivity index (χ3n) is 5.21. The van der Waals surface area contributed by atoms with Crippen molar-refractivity contribution in [3.8, 4) is 0 Å². The Labute approximate surface area is 143 Å². The first-order chi connectivity index (χ1) is 12.4. The summed E-state index contributed by atoms with van der Waals surface area (Å²) in [6.07, 6.45) is 4.00. The van der Waals surface area contributed by atoms with Gasteiger partial charge >= 0.3 is 0 Å². The van der Waals surface area contributed by atoms with Gasteiger partial charge in [0.1, 0.15) is 0 Å². The van der Waals surface area contributed by atoms with Crippen LogP contribution in [0.5, 0.6) is 0 Å². The number of hydrogen-bond acceptors (Lipinski definition) is 1. The fourth-order valence-corrected chi connectivity index (χ4v) is 4.07. The summed E-state index contributed by atoms with van der Waals surface area (Å²) >= 11 is 0. The van der Waals surface area contributed by atoms with E-state index in [4.69, 9.17) is 0 Å². The molecule has 6 rings (SSSR count). The van der Waals surface area contributed by atoms with Crippen molar-refractivity contribution in [2.24, 2.45) is 0 Å². The van der Waals surface area contributed by atoms with Gasteiger partial charge in [0.2, 0.25) is 0 Å². The first-order valence-corrected chi connectivity index (χ1v) is 8.49. The van der Waals surface area contributed by atoms with Crippen molar-refractivity contribution in [3.05, 3.63) is 85.2 Å². The maximum absolute atomic E-state index is 4.65. The zero-order chi connectivity index (χ0) is 16.4. The van der Waals surface area contributed by atoms with Crippen LogP contribution in [0.2, 0.25) is 0 Å². The fraction of sp³-hybridized carbons (Fsp3) is 0. The summed E-state index contributed by atoms with van der Waals surface area (Å²) in [5, 5.41) is 7.59. The van der Waals surface area contributed by atoms with Crippen molar-refractivity contribution >= 4 is 48.9 Å². The lowest BCUT2D eigenvalue weighted by molar-refractivity contribution is 1.27. The van der Waals surface area contributed by atoms with E-state index in [-0.39, 0.29) is 0 Å². The van der Waals surface area contributed by atoms with Gasteiger partial charge in [-0.1, -0.05) is 42.5 Å². The smallest absolute Gasteiger partial charge is 0.0948 e. The number of aromatic nitrogens is 2. The van der Waals surface area contributed by atoms with E-state index in [9.17, 15) is 0 Å². The Hall–Kier alpha value is -3.39. The van der Waals surface area contributed by atoms with Crippen molar-refractivity contribution in [2.75, 3.05) is 0 Å². The molecule has 0 saturated carbocycles. The lowest BCUT2D eigenvalue weighted by atomic mass is 9.98. The van der Waals surface area contributed by atoms with Crippen molar-refractivity contribution < 1.29 is 0 Å². The Bertz CT molecular complexity index is 1440. The van der Waals surface area contributed by atoms with Gasteiger partial charge in [0.25, 0.3) is 0 Å². The standard InChI is InChI=1S/C23H14N2/c1-2-6-17-15(5-1)9-10-16-13-22-20(14-19(16)17)18-7-3-11-24-23(18)21-8-4-12-25(21)22/h1-14H. The molecule has 0 amide bonds. The highest BCUT2D eigenvalue weighted by Crippen LogP contribution is 2.34. The Morgan fingerprint density at radius 2 is 1.48 bits per heavy atom. The molecule has 116 valence electrons. The molecule has 0 aliphatic carbocycles. The summed E-state index contributed by atoms with van der Waals surface area (Å²) in [7, 11) is 0. The largest absolute Gasteiger partial charge is 0.314 e. The van der Waals surface area contributed by atoms with E-state index in [0.717, 1.165) is 11.0 Å². The van der Waals surface area contributed by atoms with E-state index in [2.05, 4.69) is 82.3 Å². The molecule has 2 heteroatoms. The molecule has 0 atom stereocenters. The maximum atomic E-state index is 4.65. The average molecular weight is 318 g/mol. The lowest BCUT2D eigenvalue weighted by Crippen LogP contribution is -1.91. The maximum Gasteiger partial charge on any atom is 0.0948 e. The summed E-state index contributed by atoms with van der Waals surface area (Å²) in [6.45, 7) is 0. The number of pyridine rings is 2. The first kappa shape index (κ1) is 13.0. The van der Waals surface area contributed by atoms with Crippen molar-refractivity contribution in [2.45, 2.75) is 0 Å². The molecular weight excluding hydrogens is 304 g/mol. The molecule has 0 bridgehead atoms. The third-order valence-corrected chi connectivity index (χ3v) is 5.21. The van der Waals surface area contributed by atoms with Crippen LogP contribution >= 0.6 is 0 Å². The summed E-state index contributed by atoms with van der Waals surface area (Å²) in [5.41, 5.74) is 3.44. The van der Waals surface area contributed by atoms with E-state index >= 15 is 0 Å². The highest BCUT2D eigenvalue weighted by molar-refractivity contribution is 6.18. The second-order valence-corrected chi connectivity index (χ2v) is 6.54. The summed E-state index contributed by atoms with van der Waals surface area (Å²) in [4.78, 5) is 4.65. The zero-order valence-electron chi connectivity index (χ0n) is 13.5. The topological polar surface area (TPSA) is 17.3 Å². The highest BCUT2D eigenvalue weighted by Gasteiger charge is 2.11. The molecule has 25 heavy (non-hydrogen) atoms. The Morgan fingerprint density at radius 1 is 0.600 bits per heavy atom. The number of benzene rings is 3. The normalized spacial score (nSPS) is 12.0. The minimum Gasteiger partial charge on any atom is -0.314 e. The van der Waals surface area contributed by atoms with E-state index in [1.807, 2.05) is 12.3 Å². The molecule has 0 spiro atoms. The van der Waals surface area contributed by atoms with Crippen LogP contribution in [-0.2, 0) is 0 Å². The third kappa shape index (κ3) is 1.66. The minimum absolute atomic E-state index is 1.06. The lowest BCUT2D eigenvalue weighted by Gasteiger charge is -2.11. The molecular formula is C23H14N2. The van der Waals surface area contributed by atoms with Crippen LogP contribution in [0.25, 0.3) is 48.9 Å². The quantitative estimate of drug-likeness (QED) is 0.250. The minimum atomic E-state index is 1.06. The highest BCUT2D eigenvalue weighted by atomic mass is 14.9. The summed E-state index contributed by atoms with van der Waals surface area (Å²) < 4.78 is 2.25. The second kappa shape index (κ2) is 4.58. The number of rotatable bonds is 0. The van der Waals surface area contributed by atoms with Crippen LogP contribution in [-0.4, -0.2) is 9.38 Å². The number of fused-ring (bicyclic) bond motifs is 9. The number of hydrogen-bond donors (Lipinski definition) is 0. The van der Waals surface area contributed by atoms with Crippen LogP contribution < -0.4 is 0 Å². The van der Waals surface area contributed by atoms with Crippen LogP contribution in [0.3, 0.4) is 0 Å². The van der Waals surface area contributed by atoms with Gasteiger partial charge in [0, 0.05) is 23.2 Å². The molecule has 0 fully saturated rings. The molecule has 0 radical (unpaired) electrons. The monoisotopic (exact) mass is 318 g/mol.